The lowest BCUT2D eigenvalue weighted by atomic mass is 10.1. The molecular formula is C22H26O4. The lowest BCUT2D eigenvalue weighted by Crippen LogP contribution is -1.99. The number of hydrogen-bond acceptors (Lipinski definition) is 4. The highest BCUT2D eigenvalue weighted by Crippen LogP contribution is 2.15. The van der Waals surface area contributed by atoms with Crippen molar-refractivity contribution in [2.75, 3.05) is 20.3 Å². The summed E-state index contributed by atoms with van der Waals surface area (Å²) in [5.74, 6) is 1.51. The summed E-state index contributed by atoms with van der Waals surface area (Å²) >= 11 is 0. The van der Waals surface area contributed by atoms with Crippen LogP contribution in [0.5, 0.6) is 11.5 Å². The van der Waals surface area contributed by atoms with Crippen LogP contribution in [0.1, 0.15) is 41.6 Å². The highest BCUT2D eigenvalue weighted by atomic mass is 16.5. The number of aliphatic hydroxyl groups is 1. The van der Waals surface area contributed by atoms with E-state index < -0.39 is 0 Å². The molecule has 0 amide bonds. The van der Waals surface area contributed by atoms with Gasteiger partial charge < -0.3 is 14.6 Å². The van der Waals surface area contributed by atoms with Gasteiger partial charge in [-0.3, -0.25) is 4.79 Å². The van der Waals surface area contributed by atoms with E-state index >= 15 is 0 Å². The molecule has 2 aromatic rings. The van der Waals surface area contributed by atoms with Gasteiger partial charge in [0.25, 0.3) is 0 Å². The number of aliphatic hydroxyl groups excluding tert-OH is 1. The number of allylic oxidation sites excluding steroid dienone is 1. The summed E-state index contributed by atoms with van der Waals surface area (Å²) in [5, 5.41) is 8.73. The number of hydrogen-bond donors (Lipinski definition) is 1. The first-order chi connectivity index (χ1) is 12.7. The molecule has 4 heteroatoms. The van der Waals surface area contributed by atoms with Gasteiger partial charge in [-0.25, -0.2) is 0 Å². The van der Waals surface area contributed by atoms with Gasteiger partial charge in [0.2, 0.25) is 0 Å². The quantitative estimate of drug-likeness (QED) is 0.366. The van der Waals surface area contributed by atoms with Crippen LogP contribution in [0.3, 0.4) is 0 Å². The largest absolute Gasteiger partial charge is 0.497 e. The van der Waals surface area contributed by atoms with Crippen LogP contribution in [0.15, 0.2) is 54.6 Å². The van der Waals surface area contributed by atoms with Crippen molar-refractivity contribution >= 4 is 11.9 Å². The van der Waals surface area contributed by atoms with Crippen molar-refractivity contribution in [3.63, 3.8) is 0 Å². The van der Waals surface area contributed by atoms with Crippen LogP contribution < -0.4 is 9.47 Å². The number of carbonyl (C=O) groups excluding carboxylic acids is 1. The van der Waals surface area contributed by atoms with Gasteiger partial charge >= 0.3 is 0 Å². The number of rotatable bonds is 11. The van der Waals surface area contributed by atoms with Gasteiger partial charge in [0, 0.05) is 12.2 Å². The molecule has 0 aliphatic carbocycles. The standard InChI is InChI=1S/C22H26O4/c1-25-20-11-6-18(7-12-20)8-15-22(24)19-9-13-21(14-10-19)26-17-5-3-2-4-16-23/h6-15,23H,2-5,16-17H2,1H3/b15-8+. The van der Waals surface area contributed by atoms with Crippen molar-refractivity contribution in [3.8, 4) is 11.5 Å². The Kier molecular flexibility index (Phi) is 8.43. The van der Waals surface area contributed by atoms with Crippen LogP contribution in [0, 0.1) is 0 Å². The Morgan fingerprint density at radius 2 is 1.58 bits per heavy atom. The van der Waals surface area contributed by atoms with Gasteiger partial charge in [-0.1, -0.05) is 24.6 Å². The number of unbranched alkanes of at least 4 members (excludes halogenated alkanes) is 3. The Hall–Kier alpha value is -2.59. The fourth-order valence-electron chi connectivity index (χ4n) is 2.46. The molecule has 2 rings (SSSR count). The van der Waals surface area contributed by atoms with Gasteiger partial charge in [-0.05, 0) is 67.3 Å². The maximum absolute atomic E-state index is 12.2. The molecule has 0 heterocycles. The van der Waals surface area contributed by atoms with E-state index in [1.54, 1.807) is 31.4 Å². The highest BCUT2D eigenvalue weighted by Gasteiger charge is 2.02. The number of carbonyl (C=O) groups is 1. The van der Waals surface area contributed by atoms with Crippen LogP contribution in [0.25, 0.3) is 6.08 Å². The van der Waals surface area contributed by atoms with E-state index in [4.69, 9.17) is 14.6 Å². The third-order valence-electron chi connectivity index (χ3n) is 4.00. The van der Waals surface area contributed by atoms with E-state index in [2.05, 4.69) is 0 Å². The summed E-state index contributed by atoms with van der Waals surface area (Å²) in [4.78, 5) is 12.2. The van der Waals surface area contributed by atoms with Crippen molar-refractivity contribution in [3.05, 3.63) is 65.7 Å². The van der Waals surface area contributed by atoms with Gasteiger partial charge in [0.15, 0.2) is 5.78 Å². The minimum Gasteiger partial charge on any atom is -0.497 e. The van der Waals surface area contributed by atoms with Gasteiger partial charge in [0.1, 0.15) is 11.5 Å². The molecule has 26 heavy (non-hydrogen) atoms. The van der Waals surface area contributed by atoms with E-state index in [-0.39, 0.29) is 12.4 Å². The van der Waals surface area contributed by atoms with Crippen molar-refractivity contribution in [1.82, 2.24) is 0 Å². The smallest absolute Gasteiger partial charge is 0.185 e. The summed E-state index contributed by atoms with van der Waals surface area (Å²) in [7, 11) is 1.62. The summed E-state index contributed by atoms with van der Waals surface area (Å²) in [6, 6.07) is 14.7. The van der Waals surface area contributed by atoms with E-state index in [0.717, 1.165) is 42.7 Å². The van der Waals surface area contributed by atoms with E-state index in [9.17, 15) is 4.79 Å². The normalized spacial score (nSPS) is 10.8. The highest BCUT2D eigenvalue weighted by molar-refractivity contribution is 6.06. The summed E-state index contributed by atoms with van der Waals surface area (Å²) in [6.07, 6.45) is 7.24. The Morgan fingerprint density at radius 1 is 0.923 bits per heavy atom. The first-order valence-electron chi connectivity index (χ1n) is 8.93. The number of benzene rings is 2. The molecule has 0 aliphatic rings. The van der Waals surface area contributed by atoms with Gasteiger partial charge in [-0.2, -0.15) is 0 Å². The van der Waals surface area contributed by atoms with Crippen LogP contribution >= 0.6 is 0 Å². The van der Waals surface area contributed by atoms with Crippen molar-refractivity contribution in [2.24, 2.45) is 0 Å². The lowest BCUT2D eigenvalue weighted by Gasteiger charge is -2.06. The molecule has 1 N–H and O–H groups in total. The topological polar surface area (TPSA) is 55.8 Å². The monoisotopic (exact) mass is 354 g/mol. The molecule has 4 nitrogen and oxygen atoms in total. The Labute approximate surface area is 155 Å². The SMILES string of the molecule is COc1ccc(/C=C/C(=O)c2ccc(OCCCCCCO)cc2)cc1. The minimum atomic E-state index is -0.0450. The maximum atomic E-state index is 12.2. The molecular weight excluding hydrogens is 328 g/mol. The maximum Gasteiger partial charge on any atom is 0.185 e. The predicted octanol–water partition coefficient (Wildman–Crippen LogP) is 4.52. The third kappa shape index (κ3) is 6.73. The average Bonchev–Trinajstić information content (AvgIpc) is 2.69. The molecule has 138 valence electrons. The Balaban J connectivity index is 1.80. The van der Waals surface area contributed by atoms with Gasteiger partial charge in [0.05, 0.1) is 13.7 Å². The van der Waals surface area contributed by atoms with Crippen LogP contribution in [0.4, 0.5) is 0 Å². The third-order valence-corrected chi connectivity index (χ3v) is 4.00. The summed E-state index contributed by atoms with van der Waals surface area (Å²) in [5.41, 5.74) is 1.57. The number of ether oxygens (including phenoxy) is 2. The second-order valence-electron chi connectivity index (χ2n) is 5.98. The molecule has 0 aromatic heterocycles. The first kappa shape index (κ1) is 19.7. The second kappa shape index (κ2) is 11.1. The second-order valence-corrected chi connectivity index (χ2v) is 5.98. The molecule has 0 atom stereocenters. The fourth-order valence-corrected chi connectivity index (χ4v) is 2.46. The van der Waals surface area contributed by atoms with Crippen molar-refractivity contribution < 1.29 is 19.4 Å². The zero-order chi connectivity index (χ0) is 18.6. The van der Waals surface area contributed by atoms with Crippen molar-refractivity contribution in [1.29, 1.82) is 0 Å². The fraction of sp³-hybridized carbons (Fsp3) is 0.318. The Morgan fingerprint density at radius 3 is 2.23 bits per heavy atom. The molecule has 0 bridgehead atoms. The molecule has 0 aliphatic heterocycles. The zero-order valence-electron chi connectivity index (χ0n) is 15.2. The van der Waals surface area contributed by atoms with Crippen molar-refractivity contribution in [2.45, 2.75) is 25.7 Å². The zero-order valence-corrected chi connectivity index (χ0v) is 15.2. The minimum absolute atomic E-state index is 0.0450. The number of methoxy groups -OCH3 is 1. The lowest BCUT2D eigenvalue weighted by molar-refractivity contribution is 0.104. The number of ketones is 1. The summed E-state index contributed by atoms with van der Waals surface area (Å²) in [6.45, 7) is 0.902. The molecule has 0 fully saturated rings. The average molecular weight is 354 g/mol. The molecule has 0 saturated carbocycles. The molecule has 0 radical (unpaired) electrons. The van der Waals surface area contributed by atoms with E-state index in [0.29, 0.717) is 12.2 Å². The van der Waals surface area contributed by atoms with Crippen LogP contribution in [0.2, 0.25) is 0 Å². The molecule has 2 aromatic carbocycles. The van der Waals surface area contributed by atoms with Crippen LogP contribution in [-0.2, 0) is 0 Å². The first-order valence-corrected chi connectivity index (χ1v) is 8.93. The van der Waals surface area contributed by atoms with E-state index in [1.165, 1.54) is 0 Å². The predicted molar refractivity (Wildman–Crippen MR) is 104 cm³/mol. The van der Waals surface area contributed by atoms with Gasteiger partial charge in [-0.15, -0.1) is 0 Å². The Bertz CT molecular complexity index is 687. The van der Waals surface area contributed by atoms with E-state index in [1.807, 2.05) is 36.4 Å². The molecule has 0 saturated heterocycles. The summed E-state index contributed by atoms with van der Waals surface area (Å²) < 4.78 is 10.8. The van der Waals surface area contributed by atoms with Crippen LogP contribution in [-0.4, -0.2) is 31.2 Å². The molecule has 0 spiro atoms. The molecule has 0 unspecified atom stereocenters.